The quantitative estimate of drug-likeness (QED) is 0.377. The molecule has 6 nitrogen and oxygen atoms in total. The minimum Gasteiger partial charge on any atom is -0.506 e. The molecule has 0 unspecified atom stereocenters. The number of hydrogen-bond donors (Lipinski definition) is 4. The smallest absolute Gasteiger partial charge is 0.261 e. The van der Waals surface area contributed by atoms with Gasteiger partial charge < -0.3 is 15.8 Å². The van der Waals surface area contributed by atoms with E-state index in [2.05, 4.69) is 27.7 Å². The van der Waals surface area contributed by atoms with E-state index in [1.165, 1.54) is 0 Å². The molecule has 0 aliphatic rings. The van der Waals surface area contributed by atoms with Crippen LogP contribution in [0.4, 0.5) is 0 Å². The molecule has 8 heteroatoms. The second-order valence-corrected chi connectivity index (χ2v) is 4.52. The van der Waals surface area contributed by atoms with Crippen LogP contribution in [0.5, 0.6) is 5.75 Å². The first-order valence-corrected chi connectivity index (χ1v) is 5.90. The van der Waals surface area contributed by atoms with Crippen molar-refractivity contribution in [1.82, 2.24) is 10.4 Å². The van der Waals surface area contributed by atoms with Crippen molar-refractivity contribution in [3.05, 3.63) is 39.1 Å². The standard InChI is InChI=1S/C11H9ClN4O2S/c12-5-1-2-8-6(3-5)9(17)7(10(18)15-8)4-14-16-11(13)19/h1-4H,(H3,13,16,19)(H2,15,17,18). The van der Waals surface area contributed by atoms with E-state index >= 15 is 0 Å². The number of hydrogen-bond acceptors (Lipinski definition) is 4. The Balaban J connectivity index is 2.58. The molecule has 2 rings (SSSR count). The lowest BCUT2D eigenvalue weighted by atomic mass is 10.1. The third-order valence-electron chi connectivity index (χ3n) is 2.35. The molecule has 0 aliphatic heterocycles. The summed E-state index contributed by atoms with van der Waals surface area (Å²) in [6.07, 6.45) is 1.13. The summed E-state index contributed by atoms with van der Waals surface area (Å²) < 4.78 is 0. The van der Waals surface area contributed by atoms with Gasteiger partial charge in [0.05, 0.1) is 11.7 Å². The molecular formula is C11H9ClN4O2S. The van der Waals surface area contributed by atoms with Gasteiger partial charge in [-0.3, -0.25) is 10.2 Å². The second-order valence-electron chi connectivity index (χ2n) is 3.64. The zero-order valence-corrected chi connectivity index (χ0v) is 11.0. The first-order chi connectivity index (χ1) is 8.99. The highest BCUT2D eigenvalue weighted by atomic mass is 35.5. The van der Waals surface area contributed by atoms with Crippen molar-refractivity contribution in [2.45, 2.75) is 0 Å². The number of hydrazone groups is 1. The number of aromatic nitrogens is 1. The largest absolute Gasteiger partial charge is 0.506 e. The molecule has 1 heterocycles. The minimum atomic E-state index is -0.485. The van der Waals surface area contributed by atoms with Crippen molar-refractivity contribution in [3.8, 4) is 5.75 Å². The Morgan fingerprint density at radius 3 is 3.00 bits per heavy atom. The highest BCUT2D eigenvalue weighted by molar-refractivity contribution is 7.80. The summed E-state index contributed by atoms with van der Waals surface area (Å²) >= 11 is 10.4. The second kappa shape index (κ2) is 5.25. The number of nitrogens with zero attached hydrogens (tertiary/aromatic N) is 1. The monoisotopic (exact) mass is 296 g/mol. The summed E-state index contributed by atoms with van der Waals surface area (Å²) in [7, 11) is 0. The van der Waals surface area contributed by atoms with Crippen LogP contribution < -0.4 is 16.7 Å². The van der Waals surface area contributed by atoms with Gasteiger partial charge in [0.25, 0.3) is 5.56 Å². The maximum absolute atomic E-state index is 11.8. The van der Waals surface area contributed by atoms with Gasteiger partial charge >= 0.3 is 0 Å². The number of H-pyrrole nitrogens is 1. The molecule has 98 valence electrons. The number of nitrogens with two attached hydrogens (primary N) is 1. The first kappa shape index (κ1) is 13.3. The maximum atomic E-state index is 11.8. The average molecular weight is 297 g/mol. The molecule has 2 aromatic rings. The molecule has 0 amide bonds. The molecule has 0 radical (unpaired) electrons. The van der Waals surface area contributed by atoms with Crippen LogP contribution in [0.2, 0.25) is 5.02 Å². The molecule has 5 N–H and O–H groups in total. The third kappa shape index (κ3) is 2.83. The van der Waals surface area contributed by atoms with E-state index in [-0.39, 0.29) is 16.4 Å². The van der Waals surface area contributed by atoms with Gasteiger partial charge in [0, 0.05) is 10.4 Å². The maximum Gasteiger partial charge on any atom is 0.261 e. The normalized spacial score (nSPS) is 11.0. The average Bonchev–Trinajstić information content (AvgIpc) is 2.34. The molecule has 0 atom stereocenters. The van der Waals surface area contributed by atoms with Gasteiger partial charge in [0.15, 0.2) is 5.11 Å². The lowest BCUT2D eigenvalue weighted by molar-refractivity contribution is 0.479. The molecule has 1 aromatic heterocycles. The van der Waals surface area contributed by atoms with Crippen LogP contribution >= 0.6 is 23.8 Å². The molecule has 0 spiro atoms. The fourth-order valence-electron chi connectivity index (χ4n) is 1.54. The number of halogens is 1. The number of thiocarbonyl (C=S) groups is 1. The Hall–Kier alpha value is -2.12. The van der Waals surface area contributed by atoms with E-state index in [0.29, 0.717) is 15.9 Å². The van der Waals surface area contributed by atoms with E-state index in [9.17, 15) is 9.90 Å². The third-order valence-corrected chi connectivity index (χ3v) is 2.68. The Bertz CT molecular complexity index is 741. The molecular weight excluding hydrogens is 288 g/mol. The molecule has 0 saturated heterocycles. The van der Waals surface area contributed by atoms with Crippen LogP contribution in [0.25, 0.3) is 10.9 Å². The van der Waals surface area contributed by atoms with Crippen molar-refractivity contribution in [1.29, 1.82) is 0 Å². The number of aromatic amines is 1. The fourth-order valence-corrected chi connectivity index (χ4v) is 1.77. The Morgan fingerprint density at radius 1 is 1.58 bits per heavy atom. The lowest BCUT2D eigenvalue weighted by Crippen LogP contribution is -2.24. The summed E-state index contributed by atoms with van der Waals surface area (Å²) in [6, 6.07) is 4.76. The van der Waals surface area contributed by atoms with Gasteiger partial charge in [0.1, 0.15) is 11.3 Å². The van der Waals surface area contributed by atoms with Gasteiger partial charge in [0.2, 0.25) is 0 Å². The SMILES string of the molecule is NC(=S)NN=Cc1c(O)c2cc(Cl)ccc2[nH]c1=O. The number of fused-ring (bicyclic) bond motifs is 1. The lowest BCUT2D eigenvalue weighted by Gasteiger charge is -2.04. The van der Waals surface area contributed by atoms with Crippen LogP contribution in [0.1, 0.15) is 5.56 Å². The van der Waals surface area contributed by atoms with Gasteiger partial charge in [-0.05, 0) is 30.4 Å². The number of benzene rings is 1. The van der Waals surface area contributed by atoms with Gasteiger partial charge in [-0.15, -0.1) is 0 Å². The summed E-state index contributed by atoms with van der Waals surface area (Å²) in [5.41, 5.74) is 7.46. The van der Waals surface area contributed by atoms with Crippen LogP contribution in [-0.4, -0.2) is 21.4 Å². The van der Waals surface area contributed by atoms with Gasteiger partial charge in [-0.25, -0.2) is 0 Å². The van der Waals surface area contributed by atoms with Crippen molar-refractivity contribution >= 4 is 46.0 Å². The zero-order chi connectivity index (χ0) is 14.0. The van der Waals surface area contributed by atoms with Crippen LogP contribution in [0.3, 0.4) is 0 Å². The highest BCUT2D eigenvalue weighted by Gasteiger charge is 2.10. The number of rotatable bonds is 2. The Labute approximate surface area is 117 Å². The topological polar surface area (TPSA) is 104 Å². The van der Waals surface area contributed by atoms with E-state index in [4.69, 9.17) is 17.3 Å². The predicted octanol–water partition coefficient (Wildman–Crippen LogP) is 1.05. The zero-order valence-electron chi connectivity index (χ0n) is 9.48. The molecule has 0 aliphatic carbocycles. The Kier molecular flexibility index (Phi) is 3.68. The van der Waals surface area contributed by atoms with Crippen molar-refractivity contribution < 1.29 is 5.11 Å². The fraction of sp³-hybridized carbons (Fsp3) is 0. The van der Waals surface area contributed by atoms with Gasteiger partial charge in [-0.1, -0.05) is 11.6 Å². The summed E-state index contributed by atoms with van der Waals surface area (Å²) in [5, 5.41) is 14.5. The predicted molar refractivity (Wildman–Crippen MR) is 78.8 cm³/mol. The molecule has 1 aromatic carbocycles. The molecule has 19 heavy (non-hydrogen) atoms. The highest BCUT2D eigenvalue weighted by Crippen LogP contribution is 2.26. The number of nitrogens with one attached hydrogen (secondary N) is 2. The van der Waals surface area contributed by atoms with Crippen molar-refractivity contribution in [2.24, 2.45) is 10.8 Å². The molecule has 0 saturated carbocycles. The van der Waals surface area contributed by atoms with E-state index < -0.39 is 5.56 Å². The summed E-state index contributed by atoms with van der Waals surface area (Å²) in [6.45, 7) is 0. The van der Waals surface area contributed by atoms with Crippen molar-refractivity contribution in [2.75, 3.05) is 0 Å². The van der Waals surface area contributed by atoms with Gasteiger partial charge in [-0.2, -0.15) is 5.10 Å². The van der Waals surface area contributed by atoms with Crippen LogP contribution in [0.15, 0.2) is 28.1 Å². The van der Waals surface area contributed by atoms with E-state index in [1.807, 2.05) is 0 Å². The number of aromatic hydroxyl groups is 1. The summed E-state index contributed by atoms with van der Waals surface area (Å²) in [5.74, 6) is -0.213. The first-order valence-electron chi connectivity index (χ1n) is 5.12. The minimum absolute atomic E-state index is 0.0153. The Morgan fingerprint density at radius 2 is 2.32 bits per heavy atom. The number of pyridine rings is 1. The van der Waals surface area contributed by atoms with Crippen LogP contribution in [0, 0.1) is 0 Å². The van der Waals surface area contributed by atoms with Crippen molar-refractivity contribution in [3.63, 3.8) is 0 Å². The molecule has 0 bridgehead atoms. The molecule has 0 fully saturated rings. The van der Waals surface area contributed by atoms with E-state index in [0.717, 1.165) is 6.21 Å². The van der Waals surface area contributed by atoms with Crippen LogP contribution in [-0.2, 0) is 0 Å². The van der Waals surface area contributed by atoms with E-state index in [1.54, 1.807) is 18.2 Å². The summed E-state index contributed by atoms with van der Waals surface area (Å²) in [4.78, 5) is 14.4.